The van der Waals surface area contributed by atoms with Crippen LogP contribution in [0.15, 0.2) is 46.2 Å². The van der Waals surface area contributed by atoms with E-state index in [1.54, 1.807) is 11.3 Å². The number of thioether (sulfide) groups is 1. The van der Waals surface area contributed by atoms with E-state index in [0.29, 0.717) is 5.13 Å². The van der Waals surface area contributed by atoms with Gasteiger partial charge < -0.3 is 5.32 Å². The summed E-state index contributed by atoms with van der Waals surface area (Å²) in [4.78, 5) is 18.3. The molecule has 1 N–H and O–H groups in total. The maximum absolute atomic E-state index is 12.5. The second-order valence-electron chi connectivity index (χ2n) is 7.34. The molecule has 0 spiro atoms. The Morgan fingerprint density at radius 3 is 2.58 bits per heavy atom. The molecule has 4 rings (SSSR count). The molecule has 1 amide bonds. The summed E-state index contributed by atoms with van der Waals surface area (Å²) in [5.41, 5.74) is 4.23. The van der Waals surface area contributed by atoms with E-state index in [0.717, 1.165) is 27.8 Å². The summed E-state index contributed by atoms with van der Waals surface area (Å²) in [5, 5.41) is 17.1. The van der Waals surface area contributed by atoms with Gasteiger partial charge in [0.25, 0.3) is 0 Å². The van der Waals surface area contributed by atoms with Crippen molar-refractivity contribution in [3.8, 4) is 22.6 Å². The van der Waals surface area contributed by atoms with E-state index in [4.69, 9.17) is 0 Å². The highest BCUT2D eigenvalue weighted by Crippen LogP contribution is 2.33. The molecule has 0 unspecified atom stereocenters. The van der Waals surface area contributed by atoms with Crippen molar-refractivity contribution in [3.05, 3.63) is 51.5 Å². The van der Waals surface area contributed by atoms with Crippen molar-refractivity contribution >= 4 is 45.5 Å². The number of rotatable bonds is 7. The molecule has 3 heterocycles. The molecule has 0 bridgehead atoms. The zero-order valence-corrected chi connectivity index (χ0v) is 20.2. The van der Waals surface area contributed by atoms with Gasteiger partial charge in [0.05, 0.1) is 11.4 Å². The Bertz CT molecular complexity index is 1190. The van der Waals surface area contributed by atoms with Crippen molar-refractivity contribution in [2.75, 3.05) is 11.1 Å². The zero-order chi connectivity index (χ0) is 22.0. The molecule has 9 heteroatoms. The second-order valence-corrected chi connectivity index (χ2v) is 10.2. The summed E-state index contributed by atoms with van der Waals surface area (Å²) >= 11 is 4.53. The van der Waals surface area contributed by atoms with Crippen LogP contribution in [0.5, 0.6) is 0 Å². The largest absolute Gasteiger partial charge is 0.301 e. The van der Waals surface area contributed by atoms with Gasteiger partial charge in [-0.3, -0.25) is 9.36 Å². The lowest BCUT2D eigenvalue weighted by molar-refractivity contribution is -0.113. The summed E-state index contributed by atoms with van der Waals surface area (Å²) in [6, 6.07) is 10.1. The molecule has 0 atom stereocenters. The smallest absolute Gasteiger partial charge is 0.236 e. The highest BCUT2D eigenvalue weighted by atomic mass is 32.2. The summed E-state index contributed by atoms with van der Waals surface area (Å²) in [5.74, 6) is 0.987. The summed E-state index contributed by atoms with van der Waals surface area (Å²) in [6.45, 7) is 8.43. The lowest BCUT2D eigenvalue weighted by Crippen LogP contribution is -2.15. The summed E-state index contributed by atoms with van der Waals surface area (Å²) in [6.07, 6.45) is 0. The lowest BCUT2D eigenvalue weighted by Gasteiger charge is -2.13. The van der Waals surface area contributed by atoms with Crippen molar-refractivity contribution in [1.29, 1.82) is 0 Å². The summed E-state index contributed by atoms with van der Waals surface area (Å²) < 4.78 is 2.10. The minimum atomic E-state index is -0.110. The molecular weight excluding hydrogens is 446 g/mol. The third-order valence-corrected chi connectivity index (χ3v) is 7.57. The van der Waals surface area contributed by atoms with E-state index >= 15 is 0 Å². The van der Waals surface area contributed by atoms with Gasteiger partial charge in [-0.15, -0.1) is 32.9 Å². The van der Waals surface area contributed by atoms with E-state index in [1.807, 2.05) is 35.7 Å². The molecule has 6 nitrogen and oxygen atoms in total. The highest BCUT2D eigenvalue weighted by molar-refractivity contribution is 7.99. The average molecular weight is 470 g/mol. The maximum atomic E-state index is 12.5. The number of aryl methyl sites for hydroxylation is 1. The number of thiazole rings is 1. The van der Waals surface area contributed by atoms with Crippen LogP contribution in [0, 0.1) is 13.8 Å². The number of amides is 1. The number of carbonyl (C=O) groups is 1. The van der Waals surface area contributed by atoms with E-state index in [2.05, 4.69) is 58.1 Å². The number of aromatic nitrogens is 4. The molecule has 31 heavy (non-hydrogen) atoms. The van der Waals surface area contributed by atoms with Crippen molar-refractivity contribution in [2.24, 2.45) is 0 Å². The van der Waals surface area contributed by atoms with E-state index in [1.165, 1.54) is 33.5 Å². The number of hydrogen-bond acceptors (Lipinski definition) is 7. The molecule has 0 aliphatic rings. The molecule has 0 saturated heterocycles. The zero-order valence-electron chi connectivity index (χ0n) is 17.7. The van der Waals surface area contributed by atoms with Gasteiger partial charge in [-0.05, 0) is 33.3 Å². The first kappa shape index (κ1) is 21.7. The average Bonchev–Trinajstić information content (AvgIpc) is 3.47. The Morgan fingerprint density at radius 1 is 1.13 bits per heavy atom. The first-order valence-electron chi connectivity index (χ1n) is 9.87. The first-order chi connectivity index (χ1) is 14.9. The van der Waals surface area contributed by atoms with Crippen LogP contribution in [-0.4, -0.2) is 31.4 Å². The number of thiophene rings is 1. The minimum Gasteiger partial charge on any atom is -0.301 e. The number of nitrogens with zero attached hydrogens (tertiary/aromatic N) is 4. The highest BCUT2D eigenvalue weighted by Gasteiger charge is 2.20. The standard InChI is InChI=1S/C22H23N5OS3/c1-13(2)27-20(17-10-29-15(4)14(17)3)25-26-22(27)31-12-19(28)24-21-23-18(11-30-21)16-8-6-5-7-9-16/h5-11,13H,12H2,1-4H3,(H,23,24,28). The number of hydrogen-bond donors (Lipinski definition) is 1. The summed E-state index contributed by atoms with van der Waals surface area (Å²) in [7, 11) is 0. The van der Waals surface area contributed by atoms with Crippen molar-refractivity contribution in [1.82, 2.24) is 19.7 Å². The molecule has 160 valence electrons. The van der Waals surface area contributed by atoms with E-state index in [9.17, 15) is 4.79 Å². The Hall–Kier alpha value is -2.49. The molecule has 1 aromatic carbocycles. The van der Waals surface area contributed by atoms with Crippen LogP contribution in [0.2, 0.25) is 0 Å². The minimum absolute atomic E-state index is 0.110. The van der Waals surface area contributed by atoms with Crippen LogP contribution in [0.4, 0.5) is 5.13 Å². The lowest BCUT2D eigenvalue weighted by atomic mass is 10.1. The molecule has 4 aromatic rings. The number of benzene rings is 1. The van der Waals surface area contributed by atoms with Gasteiger partial charge >= 0.3 is 0 Å². The van der Waals surface area contributed by atoms with Crippen LogP contribution in [0.1, 0.15) is 30.3 Å². The van der Waals surface area contributed by atoms with Gasteiger partial charge in [-0.1, -0.05) is 42.1 Å². The van der Waals surface area contributed by atoms with Crippen LogP contribution >= 0.6 is 34.4 Å². The van der Waals surface area contributed by atoms with Crippen molar-refractivity contribution in [2.45, 2.75) is 38.9 Å². The normalized spacial score (nSPS) is 11.3. The van der Waals surface area contributed by atoms with Gasteiger partial charge in [0, 0.05) is 32.8 Å². The monoisotopic (exact) mass is 469 g/mol. The molecule has 0 fully saturated rings. The van der Waals surface area contributed by atoms with Gasteiger partial charge in [0.1, 0.15) is 0 Å². The molecular formula is C22H23N5OS3. The topological polar surface area (TPSA) is 72.7 Å². The Kier molecular flexibility index (Phi) is 6.54. The Morgan fingerprint density at radius 2 is 1.90 bits per heavy atom. The van der Waals surface area contributed by atoms with Crippen LogP contribution in [0.3, 0.4) is 0 Å². The van der Waals surface area contributed by atoms with Crippen LogP contribution in [-0.2, 0) is 4.79 Å². The third kappa shape index (κ3) is 4.73. The molecule has 0 saturated carbocycles. The fourth-order valence-corrected chi connectivity index (χ4v) is 5.58. The Balaban J connectivity index is 1.44. The molecule has 0 aliphatic carbocycles. The number of anilines is 1. The fraction of sp³-hybridized carbons (Fsp3) is 0.273. The molecule has 3 aromatic heterocycles. The molecule has 0 aliphatic heterocycles. The maximum Gasteiger partial charge on any atom is 0.236 e. The number of carbonyl (C=O) groups excluding carboxylic acids is 1. The predicted molar refractivity (Wildman–Crippen MR) is 130 cm³/mol. The van der Waals surface area contributed by atoms with Gasteiger partial charge in [-0.2, -0.15) is 0 Å². The van der Waals surface area contributed by atoms with Crippen molar-refractivity contribution in [3.63, 3.8) is 0 Å². The SMILES string of the molecule is Cc1scc(-c2nnc(SCC(=O)Nc3nc(-c4ccccc4)cs3)n2C(C)C)c1C. The molecule has 0 radical (unpaired) electrons. The van der Waals surface area contributed by atoms with Gasteiger partial charge in [0.2, 0.25) is 5.91 Å². The second kappa shape index (κ2) is 9.33. The Labute approximate surface area is 193 Å². The van der Waals surface area contributed by atoms with Crippen molar-refractivity contribution < 1.29 is 4.79 Å². The predicted octanol–water partition coefficient (Wildman–Crippen LogP) is 6.06. The fourth-order valence-electron chi connectivity index (χ4n) is 3.12. The van der Waals surface area contributed by atoms with Gasteiger partial charge in [0.15, 0.2) is 16.1 Å². The number of nitrogens with one attached hydrogen (secondary N) is 1. The van der Waals surface area contributed by atoms with Gasteiger partial charge in [-0.25, -0.2) is 4.98 Å². The quantitative estimate of drug-likeness (QED) is 0.333. The van der Waals surface area contributed by atoms with Crippen LogP contribution < -0.4 is 5.32 Å². The van der Waals surface area contributed by atoms with E-state index < -0.39 is 0 Å². The van der Waals surface area contributed by atoms with E-state index in [-0.39, 0.29) is 17.7 Å². The third-order valence-electron chi connectivity index (χ3n) is 4.86. The van der Waals surface area contributed by atoms with Crippen LogP contribution in [0.25, 0.3) is 22.6 Å². The first-order valence-corrected chi connectivity index (χ1v) is 12.6.